The second-order valence-electron chi connectivity index (χ2n) is 6.42. The number of aliphatic hydroxyl groups is 1. The molecule has 3 rings (SSSR count). The number of carbonyl (C=O) groups excluding carboxylic acids is 1. The van der Waals surface area contributed by atoms with Crippen LogP contribution in [0.4, 0.5) is 4.39 Å². The highest BCUT2D eigenvalue weighted by Crippen LogP contribution is 2.33. The minimum atomic E-state index is -0.439. The van der Waals surface area contributed by atoms with E-state index in [0.29, 0.717) is 29.5 Å². The summed E-state index contributed by atoms with van der Waals surface area (Å²) in [5.41, 5.74) is 1.66. The molecule has 2 aromatic rings. The summed E-state index contributed by atoms with van der Waals surface area (Å²) in [5, 5.41) is 10.8. The van der Waals surface area contributed by atoms with Gasteiger partial charge in [-0.3, -0.25) is 4.79 Å². The van der Waals surface area contributed by atoms with Gasteiger partial charge in [0.2, 0.25) is 0 Å². The first-order valence-corrected chi connectivity index (χ1v) is 8.90. The van der Waals surface area contributed by atoms with Gasteiger partial charge in [0, 0.05) is 20.0 Å². The molecule has 0 aliphatic heterocycles. The lowest BCUT2D eigenvalue weighted by Gasteiger charge is -2.20. The molecule has 1 saturated carbocycles. The molecule has 4 nitrogen and oxygen atoms in total. The topological polar surface area (TPSA) is 53.4 Å². The average molecular weight is 348 g/mol. The van der Waals surface area contributed by atoms with Crippen LogP contribution >= 0.6 is 11.3 Å². The van der Waals surface area contributed by atoms with Gasteiger partial charge >= 0.3 is 0 Å². The fourth-order valence-corrected chi connectivity index (χ4v) is 3.76. The monoisotopic (exact) mass is 348 g/mol. The maximum absolute atomic E-state index is 13.0. The van der Waals surface area contributed by atoms with E-state index in [9.17, 15) is 14.3 Å². The lowest BCUT2D eigenvalue weighted by atomic mass is 10.1. The third-order valence-corrected chi connectivity index (χ3v) is 5.42. The molecule has 1 heterocycles. The molecule has 1 aliphatic carbocycles. The van der Waals surface area contributed by atoms with Crippen molar-refractivity contribution in [3.63, 3.8) is 0 Å². The molecule has 1 atom stereocenters. The maximum Gasteiger partial charge on any atom is 0.265 e. The average Bonchev–Trinajstić information content (AvgIpc) is 3.33. The number of aliphatic hydroxyl groups excluding tert-OH is 1. The minimum absolute atomic E-state index is 0.102. The Balaban J connectivity index is 1.68. The van der Waals surface area contributed by atoms with Crippen LogP contribution in [0.3, 0.4) is 0 Å². The molecule has 1 unspecified atom stereocenters. The Hall–Kier alpha value is -1.79. The van der Waals surface area contributed by atoms with Gasteiger partial charge in [-0.25, -0.2) is 9.37 Å². The Bertz CT molecular complexity index is 725. The summed E-state index contributed by atoms with van der Waals surface area (Å²) in [6, 6.07) is 6.31. The molecule has 0 spiro atoms. The van der Waals surface area contributed by atoms with E-state index in [1.165, 1.54) is 23.5 Å². The number of benzene rings is 1. The normalized spacial score (nSPS) is 15.3. The number of hydrogen-bond donors (Lipinski definition) is 1. The minimum Gasteiger partial charge on any atom is -0.391 e. The number of aryl methyl sites for hydroxylation is 1. The van der Waals surface area contributed by atoms with Crippen molar-refractivity contribution in [1.82, 2.24) is 9.88 Å². The standard InChI is InChI=1S/C18H21FN2O2S/c1-11-17(18(23)21(2)10-15(22)13-5-6-13)24-16(20-11)9-12-3-7-14(19)8-4-12/h3-4,7-8,13,15,22H,5-6,9-10H2,1-2H3. The van der Waals surface area contributed by atoms with Gasteiger partial charge < -0.3 is 10.0 Å². The maximum atomic E-state index is 13.0. The molecule has 1 N–H and O–H groups in total. The summed E-state index contributed by atoms with van der Waals surface area (Å²) >= 11 is 1.37. The van der Waals surface area contributed by atoms with Crippen LogP contribution in [0.15, 0.2) is 24.3 Å². The molecular formula is C18H21FN2O2S. The van der Waals surface area contributed by atoms with E-state index >= 15 is 0 Å². The number of rotatable bonds is 6. The van der Waals surface area contributed by atoms with Gasteiger partial charge in [0.05, 0.1) is 16.8 Å². The molecule has 1 aromatic heterocycles. The lowest BCUT2D eigenvalue weighted by molar-refractivity contribution is 0.0649. The van der Waals surface area contributed by atoms with Crippen molar-refractivity contribution in [2.75, 3.05) is 13.6 Å². The second kappa shape index (κ2) is 6.99. The Kier molecular flexibility index (Phi) is 4.96. The van der Waals surface area contributed by atoms with Gasteiger partial charge in [0.15, 0.2) is 0 Å². The van der Waals surface area contributed by atoms with E-state index in [0.717, 1.165) is 23.4 Å². The van der Waals surface area contributed by atoms with Crippen LogP contribution in [0.1, 0.15) is 38.8 Å². The van der Waals surface area contributed by atoms with Crippen molar-refractivity contribution in [3.8, 4) is 0 Å². The van der Waals surface area contributed by atoms with Crippen molar-refractivity contribution in [2.45, 2.75) is 32.3 Å². The molecule has 0 radical (unpaired) electrons. The number of nitrogens with zero attached hydrogens (tertiary/aromatic N) is 2. The largest absolute Gasteiger partial charge is 0.391 e. The molecule has 0 saturated heterocycles. The fourth-order valence-electron chi connectivity index (χ4n) is 2.67. The molecule has 0 bridgehead atoms. The van der Waals surface area contributed by atoms with Crippen LogP contribution in [0.25, 0.3) is 0 Å². The van der Waals surface area contributed by atoms with Crippen LogP contribution in [0, 0.1) is 18.7 Å². The highest BCUT2D eigenvalue weighted by molar-refractivity contribution is 7.13. The van der Waals surface area contributed by atoms with Gasteiger partial charge in [-0.2, -0.15) is 0 Å². The quantitative estimate of drug-likeness (QED) is 0.873. The zero-order valence-corrected chi connectivity index (χ0v) is 14.6. The summed E-state index contributed by atoms with van der Waals surface area (Å²) in [4.78, 5) is 19.2. The summed E-state index contributed by atoms with van der Waals surface area (Å²) in [7, 11) is 1.72. The number of carbonyl (C=O) groups is 1. The first kappa shape index (κ1) is 17.0. The molecule has 24 heavy (non-hydrogen) atoms. The van der Waals surface area contributed by atoms with E-state index in [1.807, 2.05) is 6.92 Å². The lowest BCUT2D eigenvalue weighted by Crippen LogP contribution is -2.35. The summed E-state index contributed by atoms with van der Waals surface area (Å²) in [5.74, 6) is -0.0207. The predicted octanol–water partition coefficient (Wildman–Crippen LogP) is 3.02. The van der Waals surface area contributed by atoms with Crippen molar-refractivity contribution in [2.24, 2.45) is 5.92 Å². The number of amides is 1. The number of hydrogen-bond acceptors (Lipinski definition) is 4. The Labute approximate surface area is 145 Å². The zero-order chi connectivity index (χ0) is 17.3. The molecule has 1 aromatic carbocycles. The van der Waals surface area contributed by atoms with Gasteiger partial charge in [0.25, 0.3) is 5.91 Å². The summed E-state index contributed by atoms with van der Waals surface area (Å²) in [6.45, 7) is 2.18. The molecule has 1 amide bonds. The van der Waals surface area contributed by atoms with E-state index in [2.05, 4.69) is 4.98 Å². The molecular weight excluding hydrogens is 327 g/mol. The van der Waals surface area contributed by atoms with Crippen LogP contribution in [-0.4, -0.2) is 40.6 Å². The SMILES string of the molecule is Cc1nc(Cc2ccc(F)cc2)sc1C(=O)N(C)CC(O)C1CC1. The van der Waals surface area contributed by atoms with Crippen LogP contribution in [-0.2, 0) is 6.42 Å². The van der Waals surface area contributed by atoms with Crippen molar-refractivity contribution in [1.29, 1.82) is 0 Å². The van der Waals surface area contributed by atoms with E-state index in [-0.39, 0.29) is 11.7 Å². The fraction of sp³-hybridized carbons (Fsp3) is 0.444. The van der Waals surface area contributed by atoms with Crippen molar-refractivity contribution in [3.05, 3.63) is 51.2 Å². The Morgan fingerprint density at radius 3 is 2.71 bits per heavy atom. The highest BCUT2D eigenvalue weighted by Gasteiger charge is 2.31. The molecule has 1 fully saturated rings. The van der Waals surface area contributed by atoms with Crippen LogP contribution in [0.2, 0.25) is 0 Å². The summed E-state index contributed by atoms with van der Waals surface area (Å²) in [6.07, 6.45) is 2.23. The first-order valence-electron chi connectivity index (χ1n) is 8.08. The smallest absolute Gasteiger partial charge is 0.265 e. The Morgan fingerprint density at radius 1 is 1.42 bits per heavy atom. The van der Waals surface area contributed by atoms with Crippen molar-refractivity contribution < 1.29 is 14.3 Å². The number of thiazole rings is 1. The number of likely N-dealkylation sites (N-methyl/N-ethyl adjacent to an activating group) is 1. The Morgan fingerprint density at radius 2 is 2.08 bits per heavy atom. The first-order chi connectivity index (χ1) is 11.4. The zero-order valence-electron chi connectivity index (χ0n) is 13.8. The highest BCUT2D eigenvalue weighted by atomic mass is 32.1. The van der Waals surface area contributed by atoms with Gasteiger partial charge in [0.1, 0.15) is 10.7 Å². The third kappa shape index (κ3) is 3.99. The van der Waals surface area contributed by atoms with Crippen molar-refractivity contribution >= 4 is 17.2 Å². The van der Waals surface area contributed by atoms with E-state index in [1.54, 1.807) is 24.1 Å². The molecule has 1 aliphatic rings. The number of aromatic nitrogens is 1. The third-order valence-electron chi connectivity index (χ3n) is 4.28. The number of halogens is 1. The summed E-state index contributed by atoms with van der Waals surface area (Å²) < 4.78 is 13.0. The van der Waals surface area contributed by atoms with Gasteiger partial charge in [-0.15, -0.1) is 11.3 Å². The van der Waals surface area contributed by atoms with E-state index in [4.69, 9.17) is 0 Å². The van der Waals surface area contributed by atoms with Gasteiger partial charge in [-0.05, 0) is 43.4 Å². The molecule has 128 valence electrons. The molecule has 6 heteroatoms. The second-order valence-corrected chi connectivity index (χ2v) is 7.50. The van der Waals surface area contributed by atoms with Gasteiger partial charge in [-0.1, -0.05) is 12.1 Å². The van der Waals surface area contributed by atoms with Crippen LogP contribution in [0.5, 0.6) is 0 Å². The van der Waals surface area contributed by atoms with E-state index < -0.39 is 6.10 Å². The predicted molar refractivity (Wildman–Crippen MR) is 91.7 cm³/mol. The van der Waals surface area contributed by atoms with Crippen LogP contribution < -0.4 is 0 Å².